The van der Waals surface area contributed by atoms with Crippen LogP contribution in [0.2, 0.25) is 5.02 Å². The van der Waals surface area contributed by atoms with E-state index in [1.54, 1.807) is 0 Å². The summed E-state index contributed by atoms with van der Waals surface area (Å²) in [6.45, 7) is 1.89. The third kappa shape index (κ3) is 2.07. The van der Waals surface area contributed by atoms with Gasteiger partial charge in [-0.25, -0.2) is 8.42 Å². The molecule has 1 aromatic carbocycles. The van der Waals surface area contributed by atoms with Gasteiger partial charge in [0.1, 0.15) is 11.9 Å². The molecule has 1 heterocycles. The number of rotatable bonds is 1. The largest absolute Gasteiger partial charge is 0.489 e. The molecule has 0 saturated heterocycles. The average Bonchev–Trinajstić information content (AvgIpc) is 2.44. The van der Waals surface area contributed by atoms with Crippen molar-refractivity contribution in [3.63, 3.8) is 0 Å². The van der Waals surface area contributed by atoms with Crippen LogP contribution in [0.3, 0.4) is 0 Å². The molecule has 0 aromatic heterocycles. The maximum atomic E-state index is 11.1. The van der Waals surface area contributed by atoms with Gasteiger partial charge in [0.05, 0.1) is 9.92 Å². The number of hydrogen-bond donors (Lipinski definition) is 0. The monoisotopic (exact) mass is 266 g/mol. The zero-order valence-corrected chi connectivity index (χ0v) is 10.2. The summed E-state index contributed by atoms with van der Waals surface area (Å²) in [6.07, 6.45) is 0.667. The Bertz CT molecular complexity index is 510. The van der Waals surface area contributed by atoms with Crippen LogP contribution >= 0.6 is 22.3 Å². The summed E-state index contributed by atoms with van der Waals surface area (Å²) in [5.74, 6) is 0.563. The zero-order valence-electron chi connectivity index (χ0n) is 7.83. The summed E-state index contributed by atoms with van der Waals surface area (Å²) in [7, 11) is 1.51. The summed E-state index contributed by atoms with van der Waals surface area (Å²) in [5, 5.41) is 0.288. The fraction of sp³-hybridized carbons (Fsp3) is 0.333. The van der Waals surface area contributed by atoms with E-state index in [4.69, 9.17) is 27.0 Å². The van der Waals surface area contributed by atoms with Gasteiger partial charge < -0.3 is 4.74 Å². The van der Waals surface area contributed by atoms with Gasteiger partial charge >= 0.3 is 0 Å². The van der Waals surface area contributed by atoms with Gasteiger partial charge in [0.15, 0.2) is 0 Å². The molecule has 0 aliphatic carbocycles. The third-order valence-electron chi connectivity index (χ3n) is 2.20. The number of fused-ring (bicyclic) bond motifs is 1. The van der Waals surface area contributed by atoms with E-state index in [9.17, 15) is 8.42 Å². The molecule has 6 heteroatoms. The zero-order chi connectivity index (χ0) is 11.2. The molecule has 2 rings (SSSR count). The van der Waals surface area contributed by atoms with Crippen LogP contribution < -0.4 is 4.74 Å². The van der Waals surface area contributed by atoms with E-state index in [0.717, 1.165) is 5.56 Å². The molecule has 1 aromatic rings. The summed E-state index contributed by atoms with van der Waals surface area (Å²) >= 11 is 5.90. The molecule has 1 aliphatic heterocycles. The second-order valence-electron chi connectivity index (χ2n) is 3.46. The molecule has 0 unspecified atom stereocenters. The quantitative estimate of drug-likeness (QED) is 0.734. The minimum absolute atomic E-state index is 0.0191. The van der Waals surface area contributed by atoms with E-state index in [-0.39, 0.29) is 16.0 Å². The fourth-order valence-electron chi connectivity index (χ4n) is 1.60. The first-order chi connectivity index (χ1) is 6.88. The van der Waals surface area contributed by atoms with E-state index in [0.29, 0.717) is 12.2 Å². The van der Waals surface area contributed by atoms with Gasteiger partial charge in [-0.1, -0.05) is 11.6 Å². The Balaban J connectivity index is 2.59. The fourth-order valence-corrected chi connectivity index (χ4v) is 2.76. The molecule has 0 spiro atoms. The standard InChI is InChI=1S/C9H8Cl2O3S/c1-5-2-6-3-7(15(11,12)13)4-8(10)9(6)14-5/h3-5H,2H2,1H3/t5-/m0/s1. The van der Waals surface area contributed by atoms with Crippen molar-refractivity contribution in [1.82, 2.24) is 0 Å². The van der Waals surface area contributed by atoms with Gasteiger partial charge in [-0.2, -0.15) is 0 Å². The second kappa shape index (κ2) is 3.54. The lowest BCUT2D eigenvalue weighted by atomic mass is 10.1. The predicted octanol–water partition coefficient (Wildman–Crippen LogP) is 2.59. The normalized spacial score (nSPS) is 19.8. The highest BCUT2D eigenvalue weighted by Gasteiger charge is 2.24. The second-order valence-corrected chi connectivity index (χ2v) is 6.44. The molecule has 0 fully saturated rings. The maximum Gasteiger partial charge on any atom is 0.261 e. The first kappa shape index (κ1) is 11.0. The lowest BCUT2D eigenvalue weighted by molar-refractivity contribution is 0.255. The Kier molecular flexibility index (Phi) is 2.61. The van der Waals surface area contributed by atoms with Crippen LogP contribution in [-0.2, 0) is 15.5 Å². The number of halogens is 2. The highest BCUT2D eigenvalue weighted by Crippen LogP contribution is 2.38. The smallest absolute Gasteiger partial charge is 0.261 e. The van der Waals surface area contributed by atoms with Crippen molar-refractivity contribution in [1.29, 1.82) is 0 Å². The van der Waals surface area contributed by atoms with Gasteiger partial charge in [0.25, 0.3) is 9.05 Å². The first-order valence-corrected chi connectivity index (χ1v) is 7.00. The van der Waals surface area contributed by atoms with E-state index in [1.165, 1.54) is 12.1 Å². The van der Waals surface area contributed by atoms with Crippen molar-refractivity contribution in [2.45, 2.75) is 24.3 Å². The summed E-state index contributed by atoms with van der Waals surface area (Å²) in [4.78, 5) is 0.0191. The Morgan fingerprint density at radius 2 is 2.13 bits per heavy atom. The molecule has 0 amide bonds. The van der Waals surface area contributed by atoms with Crippen molar-refractivity contribution in [2.24, 2.45) is 0 Å². The number of ether oxygens (including phenoxy) is 1. The van der Waals surface area contributed by atoms with Crippen LogP contribution in [0.1, 0.15) is 12.5 Å². The number of benzene rings is 1. The van der Waals surface area contributed by atoms with Crippen molar-refractivity contribution in [3.8, 4) is 5.75 Å². The van der Waals surface area contributed by atoms with Crippen LogP contribution in [0, 0.1) is 0 Å². The van der Waals surface area contributed by atoms with E-state index in [2.05, 4.69) is 0 Å². The summed E-state index contributed by atoms with van der Waals surface area (Å²) in [5.41, 5.74) is 0.786. The Hall–Kier alpha value is -0.450. The first-order valence-electron chi connectivity index (χ1n) is 4.31. The van der Waals surface area contributed by atoms with E-state index >= 15 is 0 Å². The maximum absolute atomic E-state index is 11.1. The average molecular weight is 267 g/mol. The highest BCUT2D eigenvalue weighted by atomic mass is 35.7. The molecular formula is C9H8Cl2O3S. The lowest BCUT2D eigenvalue weighted by Gasteiger charge is -2.05. The molecule has 15 heavy (non-hydrogen) atoms. The van der Waals surface area contributed by atoms with Gasteiger partial charge in [-0.05, 0) is 19.1 Å². The van der Waals surface area contributed by atoms with E-state index in [1.807, 2.05) is 6.92 Å². The van der Waals surface area contributed by atoms with Crippen LogP contribution in [0.4, 0.5) is 0 Å². The SMILES string of the molecule is C[C@H]1Cc2cc(S(=O)(=O)Cl)cc(Cl)c2O1. The van der Waals surface area contributed by atoms with Crippen LogP contribution in [0.5, 0.6) is 5.75 Å². The Morgan fingerprint density at radius 3 is 2.73 bits per heavy atom. The van der Waals surface area contributed by atoms with Crippen molar-refractivity contribution in [2.75, 3.05) is 0 Å². The van der Waals surface area contributed by atoms with Gasteiger partial charge in [0.2, 0.25) is 0 Å². The molecule has 3 nitrogen and oxygen atoms in total. The van der Waals surface area contributed by atoms with Crippen LogP contribution in [-0.4, -0.2) is 14.5 Å². The predicted molar refractivity (Wildman–Crippen MR) is 58.3 cm³/mol. The topological polar surface area (TPSA) is 43.4 Å². The molecule has 0 N–H and O–H groups in total. The Morgan fingerprint density at radius 1 is 1.47 bits per heavy atom. The van der Waals surface area contributed by atoms with Crippen molar-refractivity contribution in [3.05, 3.63) is 22.7 Å². The van der Waals surface area contributed by atoms with Crippen molar-refractivity contribution >= 4 is 31.3 Å². The summed E-state index contributed by atoms with van der Waals surface area (Å²) < 4.78 is 27.7. The van der Waals surface area contributed by atoms with Crippen molar-refractivity contribution < 1.29 is 13.2 Å². The van der Waals surface area contributed by atoms with Gasteiger partial charge in [-0.15, -0.1) is 0 Å². The molecule has 0 radical (unpaired) electrons. The van der Waals surface area contributed by atoms with Crippen LogP contribution in [0.25, 0.3) is 0 Å². The molecule has 0 saturated carbocycles. The van der Waals surface area contributed by atoms with Gasteiger partial charge in [0, 0.05) is 22.7 Å². The van der Waals surface area contributed by atoms with Crippen LogP contribution in [0.15, 0.2) is 17.0 Å². The highest BCUT2D eigenvalue weighted by molar-refractivity contribution is 8.13. The van der Waals surface area contributed by atoms with E-state index < -0.39 is 9.05 Å². The lowest BCUT2D eigenvalue weighted by Crippen LogP contribution is -2.05. The third-order valence-corrected chi connectivity index (χ3v) is 3.82. The molecule has 1 aliphatic rings. The van der Waals surface area contributed by atoms with Gasteiger partial charge in [-0.3, -0.25) is 0 Å². The Labute approximate surface area is 97.4 Å². The molecule has 0 bridgehead atoms. The molecule has 82 valence electrons. The number of hydrogen-bond acceptors (Lipinski definition) is 3. The summed E-state index contributed by atoms with van der Waals surface area (Å²) in [6, 6.07) is 2.81. The molecular weight excluding hydrogens is 259 g/mol. The molecule has 1 atom stereocenters. The minimum atomic E-state index is -3.73. The minimum Gasteiger partial charge on any atom is -0.489 e.